The molecule has 1 aliphatic carbocycles. The SMILES string of the molecule is O=[N+]([O-])c1ccccc1NCC1CCC(O)C1. The lowest BCUT2D eigenvalue weighted by molar-refractivity contribution is -0.384. The number of nitro benzene ring substituents is 1. The molecule has 0 aliphatic heterocycles. The number of benzene rings is 1. The zero-order valence-corrected chi connectivity index (χ0v) is 9.50. The molecule has 5 heteroatoms. The minimum atomic E-state index is -0.383. The van der Waals surface area contributed by atoms with E-state index in [1.54, 1.807) is 18.2 Å². The van der Waals surface area contributed by atoms with Gasteiger partial charge in [0, 0.05) is 12.6 Å². The topological polar surface area (TPSA) is 75.4 Å². The number of nitrogens with one attached hydrogen (secondary N) is 1. The maximum Gasteiger partial charge on any atom is 0.292 e. The first kappa shape index (κ1) is 11.9. The first-order valence-corrected chi connectivity index (χ1v) is 5.82. The Morgan fingerprint density at radius 2 is 2.18 bits per heavy atom. The van der Waals surface area contributed by atoms with Gasteiger partial charge in [-0.3, -0.25) is 10.1 Å². The highest BCUT2D eigenvalue weighted by Crippen LogP contribution is 2.28. The lowest BCUT2D eigenvalue weighted by Crippen LogP contribution is -2.13. The van der Waals surface area contributed by atoms with Gasteiger partial charge in [0.1, 0.15) is 5.69 Å². The van der Waals surface area contributed by atoms with Crippen LogP contribution in [0.2, 0.25) is 0 Å². The molecule has 2 unspecified atom stereocenters. The number of anilines is 1. The summed E-state index contributed by atoms with van der Waals surface area (Å²) in [7, 11) is 0. The van der Waals surface area contributed by atoms with Gasteiger partial charge >= 0.3 is 0 Å². The summed E-state index contributed by atoms with van der Waals surface area (Å²) in [4.78, 5) is 10.4. The lowest BCUT2D eigenvalue weighted by Gasteiger charge is -2.11. The second kappa shape index (κ2) is 5.14. The Kier molecular flexibility index (Phi) is 3.58. The number of aliphatic hydroxyl groups is 1. The van der Waals surface area contributed by atoms with Crippen molar-refractivity contribution in [2.24, 2.45) is 5.92 Å². The molecule has 5 nitrogen and oxygen atoms in total. The molecule has 2 rings (SSSR count). The molecule has 2 atom stereocenters. The summed E-state index contributed by atoms with van der Waals surface area (Å²) in [5.74, 6) is 0.407. The number of aliphatic hydroxyl groups excluding tert-OH is 1. The van der Waals surface area contributed by atoms with Crippen molar-refractivity contribution in [2.75, 3.05) is 11.9 Å². The Hall–Kier alpha value is -1.62. The molecule has 1 saturated carbocycles. The highest BCUT2D eigenvalue weighted by molar-refractivity contribution is 5.61. The van der Waals surface area contributed by atoms with E-state index in [0.29, 0.717) is 18.2 Å². The number of nitro groups is 1. The van der Waals surface area contributed by atoms with Crippen LogP contribution in [0.1, 0.15) is 19.3 Å². The zero-order valence-electron chi connectivity index (χ0n) is 9.50. The van der Waals surface area contributed by atoms with Crippen LogP contribution in [0.25, 0.3) is 0 Å². The van der Waals surface area contributed by atoms with Gasteiger partial charge in [-0.15, -0.1) is 0 Å². The maximum atomic E-state index is 10.8. The summed E-state index contributed by atoms with van der Waals surface area (Å²) < 4.78 is 0. The third kappa shape index (κ3) is 2.94. The van der Waals surface area contributed by atoms with Crippen LogP contribution in [0.15, 0.2) is 24.3 Å². The summed E-state index contributed by atoms with van der Waals surface area (Å²) in [6.45, 7) is 0.682. The Morgan fingerprint density at radius 3 is 2.82 bits per heavy atom. The van der Waals surface area contributed by atoms with Crippen molar-refractivity contribution >= 4 is 11.4 Å². The van der Waals surface area contributed by atoms with E-state index in [0.717, 1.165) is 19.3 Å². The van der Waals surface area contributed by atoms with Crippen molar-refractivity contribution in [2.45, 2.75) is 25.4 Å². The second-order valence-corrected chi connectivity index (χ2v) is 4.49. The van der Waals surface area contributed by atoms with Gasteiger partial charge in [-0.2, -0.15) is 0 Å². The summed E-state index contributed by atoms with van der Waals surface area (Å²) in [5, 5.41) is 23.3. The molecule has 0 bridgehead atoms. The molecule has 1 aromatic carbocycles. The van der Waals surface area contributed by atoms with Gasteiger partial charge in [-0.1, -0.05) is 12.1 Å². The molecule has 0 amide bonds. The highest BCUT2D eigenvalue weighted by atomic mass is 16.6. The van der Waals surface area contributed by atoms with Crippen LogP contribution in [0, 0.1) is 16.0 Å². The van der Waals surface area contributed by atoms with Gasteiger partial charge in [-0.25, -0.2) is 0 Å². The van der Waals surface area contributed by atoms with E-state index in [-0.39, 0.29) is 16.7 Å². The van der Waals surface area contributed by atoms with E-state index in [9.17, 15) is 15.2 Å². The minimum Gasteiger partial charge on any atom is -0.393 e. The Bertz CT molecular complexity index is 408. The third-order valence-corrected chi connectivity index (χ3v) is 3.20. The van der Waals surface area contributed by atoms with Crippen LogP contribution in [-0.4, -0.2) is 22.7 Å². The summed E-state index contributed by atoms with van der Waals surface area (Å²) in [6.07, 6.45) is 2.40. The number of para-hydroxylation sites is 2. The molecule has 1 aromatic rings. The summed E-state index contributed by atoms with van der Waals surface area (Å²) in [5.41, 5.74) is 0.657. The Labute approximate surface area is 99.6 Å². The molecule has 17 heavy (non-hydrogen) atoms. The van der Waals surface area contributed by atoms with Crippen molar-refractivity contribution < 1.29 is 10.0 Å². The molecular weight excluding hydrogens is 220 g/mol. The van der Waals surface area contributed by atoms with E-state index < -0.39 is 0 Å². The quantitative estimate of drug-likeness (QED) is 0.620. The number of nitrogens with zero attached hydrogens (tertiary/aromatic N) is 1. The fourth-order valence-corrected chi connectivity index (χ4v) is 2.27. The maximum absolute atomic E-state index is 10.8. The fourth-order valence-electron chi connectivity index (χ4n) is 2.27. The molecule has 1 aliphatic rings. The molecular formula is C12H16N2O3. The van der Waals surface area contributed by atoms with Gasteiger partial charge in [-0.05, 0) is 31.2 Å². The smallest absolute Gasteiger partial charge is 0.292 e. The molecule has 0 aromatic heterocycles. The lowest BCUT2D eigenvalue weighted by atomic mass is 10.1. The van der Waals surface area contributed by atoms with Crippen molar-refractivity contribution in [3.8, 4) is 0 Å². The number of rotatable bonds is 4. The molecule has 1 fully saturated rings. The normalized spacial score (nSPS) is 23.6. The van der Waals surface area contributed by atoms with Crippen LogP contribution in [-0.2, 0) is 0 Å². The summed E-state index contributed by atoms with van der Waals surface area (Å²) in [6, 6.07) is 6.64. The molecule has 0 heterocycles. The standard InChI is InChI=1S/C12H16N2O3/c15-10-6-5-9(7-10)8-13-11-3-1-2-4-12(11)14(16)17/h1-4,9-10,13,15H,5-8H2. The molecule has 92 valence electrons. The predicted octanol–water partition coefficient (Wildman–Crippen LogP) is 2.17. The zero-order chi connectivity index (χ0) is 12.3. The molecule has 0 radical (unpaired) electrons. The minimum absolute atomic E-state index is 0.103. The first-order valence-electron chi connectivity index (χ1n) is 5.82. The van der Waals surface area contributed by atoms with E-state index in [1.165, 1.54) is 6.07 Å². The van der Waals surface area contributed by atoms with Gasteiger partial charge in [0.05, 0.1) is 11.0 Å². The van der Waals surface area contributed by atoms with Crippen molar-refractivity contribution in [1.29, 1.82) is 0 Å². The average Bonchev–Trinajstić information content (AvgIpc) is 2.73. The van der Waals surface area contributed by atoms with Crippen molar-refractivity contribution in [1.82, 2.24) is 0 Å². The van der Waals surface area contributed by atoms with Crippen LogP contribution in [0.5, 0.6) is 0 Å². The van der Waals surface area contributed by atoms with E-state index in [1.807, 2.05) is 0 Å². The molecule has 2 N–H and O–H groups in total. The van der Waals surface area contributed by atoms with E-state index >= 15 is 0 Å². The number of hydrogen-bond donors (Lipinski definition) is 2. The summed E-state index contributed by atoms with van der Waals surface area (Å²) >= 11 is 0. The Morgan fingerprint density at radius 1 is 1.41 bits per heavy atom. The van der Waals surface area contributed by atoms with E-state index in [2.05, 4.69) is 5.32 Å². The van der Waals surface area contributed by atoms with E-state index in [4.69, 9.17) is 0 Å². The monoisotopic (exact) mass is 236 g/mol. The van der Waals surface area contributed by atoms with Crippen LogP contribution >= 0.6 is 0 Å². The van der Waals surface area contributed by atoms with Crippen molar-refractivity contribution in [3.63, 3.8) is 0 Å². The van der Waals surface area contributed by atoms with Crippen LogP contribution in [0.4, 0.5) is 11.4 Å². The van der Waals surface area contributed by atoms with Crippen LogP contribution in [0.3, 0.4) is 0 Å². The van der Waals surface area contributed by atoms with Crippen molar-refractivity contribution in [3.05, 3.63) is 34.4 Å². The largest absolute Gasteiger partial charge is 0.393 e. The van der Waals surface area contributed by atoms with Gasteiger partial charge < -0.3 is 10.4 Å². The number of hydrogen-bond acceptors (Lipinski definition) is 4. The molecule has 0 spiro atoms. The van der Waals surface area contributed by atoms with Crippen LogP contribution < -0.4 is 5.32 Å². The first-order chi connectivity index (χ1) is 8.16. The van der Waals surface area contributed by atoms with Gasteiger partial charge in [0.15, 0.2) is 0 Å². The van der Waals surface area contributed by atoms with Gasteiger partial charge in [0.2, 0.25) is 0 Å². The fraction of sp³-hybridized carbons (Fsp3) is 0.500. The average molecular weight is 236 g/mol. The second-order valence-electron chi connectivity index (χ2n) is 4.49. The molecule has 0 saturated heterocycles. The van der Waals surface area contributed by atoms with Gasteiger partial charge in [0.25, 0.3) is 5.69 Å². The highest BCUT2D eigenvalue weighted by Gasteiger charge is 2.23. The predicted molar refractivity (Wildman–Crippen MR) is 64.9 cm³/mol. The Balaban J connectivity index is 1.97. The third-order valence-electron chi connectivity index (χ3n) is 3.20.